The average molecular weight is 373 g/mol. The molecule has 3 heterocycles. The third-order valence-corrected chi connectivity index (χ3v) is 4.84. The molecule has 3 aromatic heterocycles. The molecule has 7 nitrogen and oxygen atoms in total. The van der Waals surface area contributed by atoms with Gasteiger partial charge in [-0.2, -0.15) is 5.10 Å². The van der Waals surface area contributed by atoms with E-state index in [2.05, 4.69) is 46.7 Å². The second-order valence-corrected chi connectivity index (χ2v) is 7.99. The van der Waals surface area contributed by atoms with E-state index < -0.39 is 0 Å². The molecular weight excluding hydrogens is 350 g/mol. The highest BCUT2D eigenvalue weighted by Crippen LogP contribution is 2.24. The number of nitrogens with one attached hydrogen (secondary N) is 1. The first-order valence-electron chi connectivity index (χ1n) is 8.59. The molecule has 0 spiro atoms. The van der Waals surface area contributed by atoms with Crippen molar-refractivity contribution in [2.75, 3.05) is 6.54 Å². The highest BCUT2D eigenvalue weighted by Gasteiger charge is 2.18. The lowest BCUT2D eigenvalue weighted by Crippen LogP contribution is -2.26. The van der Waals surface area contributed by atoms with E-state index in [1.54, 1.807) is 28.3 Å². The molecule has 0 saturated carbocycles. The van der Waals surface area contributed by atoms with Gasteiger partial charge in [-0.3, -0.25) is 9.48 Å². The molecule has 0 aliphatic rings. The summed E-state index contributed by atoms with van der Waals surface area (Å²) in [6, 6.07) is 1.63. The Kier molecular flexibility index (Phi) is 5.22. The summed E-state index contributed by atoms with van der Waals surface area (Å²) in [5.41, 5.74) is 2.19. The lowest BCUT2D eigenvalue weighted by Gasteiger charge is -2.14. The molecule has 0 aromatic carbocycles. The number of hydrogen-bond acceptors (Lipinski definition) is 6. The van der Waals surface area contributed by atoms with Gasteiger partial charge in [-0.25, -0.2) is 4.98 Å². The van der Waals surface area contributed by atoms with Gasteiger partial charge in [0.1, 0.15) is 0 Å². The molecule has 0 radical (unpaired) electrons. The molecule has 138 valence electrons. The highest BCUT2D eigenvalue weighted by molar-refractivity contribution is 7.09. The summed E-state index contributed by atoms with van der Waals surface area (Å²) in [6.07, 6.45) is 4.25. The number of carbonyl (C=O) groups is 1. The first-order valence-corrected chi connectivity index (χ1v) is 9.47. The lowest BCUT2D eigenvalue weighted by molar-refractivity contribution is 0.0945. The molecule has 0 bridgehead atoms. The third-order valence-electron chi connectivity index (χ3n) is 3.93. The highest BCUT2D eigenvalue weighted by atomic mass is 32.1. The molecule has 1 N–H and O–H groups in total. The lowest BCUT2D eigenvalue weighted by atomic mass is 9.93. The van der Waals surface area contributed by atoms with Crippen molar-refractivity contribution in [3.05, 3.63) is 40.2 Å². The summed E-state index contributed by atoms with van der Waals surface area (Å²) in [5, 5.41) is 14.0. The summed E-state index contributed by atoms with van der Waals surface area (Å²) >= 11 is 1.62. The van der Waals surface area contributed by atoms with Crippen molar-refractivity contribution in [1.82, 2.24) is 25.2 Å². The van der Waals surface area contributed by atoms with Gasteiger partial charge >= 0.3 is 0 Å². The standard InChI is InChI=1S/C18H23N5O2S/c1-5-23-10-12(9-20-23)14-8-13(22-25-14)17(24)19-7-6-16-21-15(11-26-16)18(2,3)4/h8-11H,5-7H2,1-4H3,(H,19,24). The predicted octanol–water partition coefficient (Wildman–Crippen LogP) is 3.28. The molecule has 26 heavy (non-hydrogen) atoms. The van der Waals surface area contributed by atoms with E-state index in [0.717, 1.165) is 22.8 Å². The largest absolute Gasteiger partial charge is 0.355 e. The minimum Gasteiger partial charge on any atom is -0.355 e. The zero-order chi connectivity index (χ0) is 18.7. The second kappa shape index (κ2) is 7.41. The number of hydrogen-bond donors (Lipinski definition) is 1. The van der Waals surface area contributed by atoms with Gasteiger partial charge in [-0.05, 0) is 6.92 Å². The SMILES string of the molecule is CCn1cc(-c2cc(C(=O)NCCc3nc(C(C)(C)C)cs3)no2)cn1. The summed E-state index contributed by atoms with van der Waals surface area (Å²) in [6.45, 7) is 9.70. The van der Waals surface area contributed by atoms with Crippen LogP contribution in [-0.2, 0) is 18.4 Å². The van der Waals surface area contributed by atoms with E-state index in [1.807, 2.05) is 13.1 Å². The Bertz CT molecular complexity index is 887. The number of carbonyl (C=O) groups excluding carboxylic acids is 1. The van der Waals surface area contributed by atoms with Gasteiger partial charge < -0.3 is 9.84 Å². The van der Waals surface area contributed by atoms with Crippen molar-refractivity contribution in [3.63, 3.8) is 0 Å². The quantitative estimate of drug-likeness (QED) is 0.716. The van der Waals surface area contributed by atoms with Crippen molar-refractivity contribution in [1.29, 1.82) is 0 Å². The van der Waals surface area contributed by atoms with Crippen LogP contribution >= 0.6 is 11.3 Å². The van der Waals surface area contributed by atoms with Crippen LogP contribution in [0.15, 0.2) is 28.4 Å². The van der Waals surface area contributed by atoms with Gasteiger partial charge in [0.25, 0.3) is 5.91 Å². The number of aromatic nitrogens is 4. The molecule has 0 aliphatic heterocycles. The van der Waals surface area contributed by atoms with E-state index in [1.165, 1.54) is 0 Å². The smallest absolute Gasteiger partial charge is 0.273 e. The molecule has 0 atom stereocenters. The van der Waals surface area contributed by atoms with Gasteiger partial charge in [0.15, 0.2) is 11.5 Å². The maximum atomic E-state index is 12.2. The fraction of sp³-hybridized carbons (Fsp3) is 0.444. The number of amides is 1. The number of thiazole rings is 1. The van der Waals surface area contributed by atoms with Crippen LogP contribution in [-0.4, -0.2) is 32.4 Å². The van der Waals surface area contributed by atoms with Crippen LogP contribution in [0, 0.1) is 0 Å². The van der Waals surface area contributed by atoms with Gasteiger partial charge in [0, 0.05) is 42.6 Å². The normalized spacial score (nSPS) is 11.7. The summed E-state index contributed by atoms with van der Waals surface area (Å²) in [7, 11) is 0. The van der Waals surface area contributed by atoms with E-state index in [0.29, 0.717) is 18.7 Å². The van der Waals surface area contributed by atoms with Crippen LogP contribution in [0.2, 0.25) is 0 Å². The zero-order valence-corrected chi connectivity index (χ0v) is 16.3. The molecule has 0 unspecified atom stereocenters. The van der Waals surface area contributed by atoms with Gasteiger partial charge in [-0.1, -0.05) is 25.9 Å². The average Bonchev–Trinajstić information content (AvgIpc) is 3.33. The summed E-state index contributed by atoms with van der Waals surface area (Å²) in [4.78, 5) is 16.9. The Balaban J connectivity index is 1.55. The monoisotopic (exact) mass is 373 g/mol. The molecule has 1 amide bonds. The zero-order valence-electron chi connectivity index (χ0n) is 15.4. The van der Waals surface area contributed by atoms with E-state index in [4.69, 9.17) is 4.52 Å². The topological polar surface area (TPSA) is 85.8 Å². The minimum absolute atomic E-state index is 0.0424. The van der Waals surface area contributed by atoms with E-state index in [9.17, 15) is 4.79 Å². The van der Waals surface area contributed by atoms with Crippen LogP contribution in [0.4, 0.5) is 0 Å². The van der Waals surface area contributed by atoms with Gasteiger partial charge in [-0.15, -0.1) is 11.3 Å². The molecule has 0 aliphatic carbocycles. The minimum atomic E-state index is -0.254. The van der Waals surface area contributed by atoms with Crippen molar-refractivity contribution in [3.8, 4) is 11.3 Å². The summed E-state index contributed by atoms with van der Waals surface area (Å²) < 4.78 is 7.05. The molecule has 3 aromatic rings. The molecule has 0 fully saturated rings. The van der Waals surface area contributed by atoms with E-state index in [-0.39, 0.29) is 17.0 Å². The fourth-order valence-electron chi connectivity index (χ4n) is 2.33. The Morgan fingerprint density at radius 1 is 1.38 bits per heavy atom. The Morgan fingerprint density at radius 2 is 2.19 bits per heavy atom. The van der Waals surface area contributed by atoms with Crippen LogP contribution < -0.4 is 5.32 Å². The second-order valence-electron chi connectivity index (χ2n) is 7.04. The van der Waals surface area contributed by atoms with Crippen molar-refractivity contribution in [2.24, 2.45) is 0 Å². The Labute approximate surface area is 156 Å². The van der Waals surface area contributed by atoms with Crippen LogP contribution in [0.1, 0.15) is 48.9 Å². The van der Waals surface area contributed by atoms with Crippen molar-refractivity contribution >= 4 is 17.2 Å². The maximum absolute atomic E-state index is 12.2. The molecule has 3 rings (SSSR count). The number of nitrogens with zero attached hydrogens (tertiary/aromatic N) is 4. The number of rotatable bonds is 6. The molecule has 8 heteroatoms. The van der Waals surface area contributed by atoms with Crippen LogP contribution in [0.5, 0.6) is 0 Å². The molecule has 0 saturated heterocycles. The third kappa shape index (κ3) is 4.19. The Morgan fingerprint density at radius 3 is 2.85 bits per heavy atom. The molecular formula is C18H23N5O2S. The van der Waals surface area contributed by atoms with Crippen molar-refractivity contribution < 1.29 is 9.32 Å². The first-order chi connectivity index (χ1) is 12.4. The van der Waals surface area contributed by atoms with Crippen LogP contribution in [0.25, 0.3) is 11.3 Å². The number of aryl methyl sites for hydroxylation is 1. The van der Waals surface area contributed by atoms with Gasteiger partial charge in [0.2, 0.25) is 0 Å². The fourth-order valence-corrected chi connectivity index (χ4v) is 3.35. The van der Waals surface area contributed by atoms with E-state index >= 15 is 0 Å². The van der Waals surface area contributed by atoms with Crippen LogP contribution in [0.3, 0.4) is 0 Å². The summed E-state index contributed by atoms with van der Waals surface area (Å²) in [5.74, 6) is 0.278. The first kappa shape index (κ1) is 18.3. The van der Waals surface area contributed by atoms with Crippen molar-refractivity contribution in [2.45, 2.75) is 46.1 Å². The maximum Gasteiger partial charge on any atom is 0.273 e. The van der Waals surface area contributed by atoms with Gasteiger partial charge in [0.05, 0.1) is 22.5 Å². The Hall–Kier alpha value is -2.48. The predicted molar refractivity (Wildman–Crippen MR) is 100 cm³/mol.